The molecule has 2 nitrogen and oxygen atoms in total. The van der Waals surface area contributed by atoms with E-state index in [1.165, 1.54) is 24.3 Å². The number of aromatic nitrogens is 1. The van der Waals surface area contributed by atoms with Gasteiger partial charge in [-0.25, -0.2) is 9.37 Å². The third-order valence-corrected chi connectivity index (χ3v) is 3.45. The predicted octanol–water partition coefficient (Wildman–Crippen LogP) is 3.91. The highest BCUT2D eigenvalue weighted by atomic mass is 79.9. The van der Waals surface area contributed by atoms with Gasteiger partial charge in [0.1, 0.15) is 5.82 Å². The van der Waals surface area contributed by atoms with Crippen LogP contribution in [0, 0.1) is 5.82 Å². The number of halogens is 2. The molecular formula is C11H7BrFNOS. The number of Topliss-reactive ketones (excluding diaryl/α,β-unsaturated/α-hetero) is 1. The molecule has 2 rings (SSSR count). The number of thiazole rings is 1. The SMILES string of the molecule is CC(=O)c1nc(-c2ccc(Br)cc2F)cs1. The highest BCUT2D eigenvalue weighted by Crippen LogP contribution is 2.26. The summed E-state index contributed by atoms with van der Waals surface area (Å²) in [6, 6.07) is 4.76. The Kier molecular flexibility index (Phi) is 3.16. The summed E-state index contributed by atoms with van der Waals surface area (Å²) in [6.45, 7) is 1.44. The van der Waals surface area contributed by atoms with Crippen molar-refractivity contribution in [3.05, 3.63) is 38.9 Å². The lowest BCUT2D eigenvalue weighted by Gasteiger charge is -1.99. The number of nitrogens with zero attached hydrogens (tertiary/aromatic N) is 1. The quantitative estimate of drug-likeness (QED) is 0.787. The molecule has 1 heterocycles. The lowest BCUT2D eigenvalue weighted by atomic mass is 10.1. The minimum Gasteiger partial charge on any atom is -0.292 e. The monoisotopic (exact) mass is 299 g/mol. The number of carbonyl (C=O) groups is 1. The number of hydrogen-bond donors (Lipinski definition) is 0. The Morgan fingerprint density at radius 3 is 2.81 bits per heavy atom. The molecule has 0 amide bonds. The number of rotatable bonds is 2. The molecule has 0 atom stereocenters. The van der Waals surface area contributed by atoms with Gasteiger partial charge in [-0.15, -0.1) is 11.3 Å². The minimum atomic E-state index is -0.352. The molecule has 0 fully saturated rings. The summed E-state index contributed by atoms with van der Waals surface area (Å²) in [5.41, 5.74) is 0.909. The third kappa shape index (κ3) is 2.20. The van der Waals surface area contributed by atoms with Crippen molar-refractivity contribution in [2.75, 3.05) is 0 Å². The van der Waals surface area contributed by atoms with Crippen molar-refractivity contribution in [1.82, 2.24) is 4.98 Å². The molecule has 0 aliphatic heterocycles. The van der Waals surface area contributed by atoms with Gasteiger partial charge in [0.25, 0.3) is 0 Å². The second kappa shape index (κ2) is 4.43. The number of hydrogen-bond acceptors (Lipinski definition) is 3. The molecule has 82 valence electrons. The van der Waals surface area contributed by atoms with Gasteiger partial charge >= 0.3 is 0 Å². The van der Waals surface area contributed by atoms with Gasteiger partial charge in [0.05, 0.1) is 5.69 Å². The Hall–Kier alpha value is -1.07. The normalized spacial score (nSPS) is 10.4. The molecule has 0 radical (unpaired) electrons. The highest BCUT2D eigenvalue weighted by molar-refractivity contribution is 9.10. The highest BCUT2D eigenvalue weighted by Gasteiger charge is 2.11. The second-order valence-corrected chi connectivity index (χ2v) is 4.99. The van der Waals surface area contributed by atoms with E-state index in [1.54, 1.807) is 17.5 Å². The fourth-order valence-electron chi connectivity index (χ4n) is 1.26. The number of benzene rings is 1. The van der Waals surface area contributed by atoms with Crippen molar-refractivity contribution in [2.24, 2.45) is 0 Å². The van der Waals surface area contributed by atoms with Crippen LogP contribution in [0.25, 0.3) is 11.3 Å². The van der Waals surface area contributed by atoms with Gasteiger partial charge in [0.15, 0.2) is 10.8 Å². The van der Waals surface area contributed by atoms with Crippen LogP contribution >= 0.6 is 27.3 Å². The molecule has 1 aromatic carbocycles. The first-order valence-corrected chi connectivity index (χ1v) is 6.17. The Morgan fingerprint density at radius 2 is 2.25 bits per heavy atom. The molecule has 0 N–H and O–H groups in total. The van der Waals surface area contributed by atoms with Gasteiger partial charge in [-0.3, -0.25) is 4.79 Å². The van der Waals surface area contributed by atoms with Crippen LogP contribution in [-0.4, -0.2) is 10.8 Å². The summed E-state index contributed by atoms with van der Waals surface area (Å²) in [4.78, 5) is 15.2. The van der Waals surface area contributed by atoms with Gasteiger partial charge in [0, 0.05) is 22.3 Å². The Balaban J connectivity index is 2.46. The maximum absolute atomic E-state index is 13.6. The molecular weight excluding hydrogens is 293 g/mol. The zero-order valence-electron chi connectivity index (χ0n) is 8.33. The maximum Gasteiger partial charge on any atom is 0.188 e. The van der Waals surface area contributed by atoms with E-state index in [0.29, 0.717) is 20.7 Å². The summed E-state index contributed by atoms with van der Waals surface area (Å²) in [6.07, 6.45) is 0. The summed E-state index contributed by atoms with van der Waals surface area (Å²) < 4.78 is 14.3. The summed E-state index contributed by atoms with van der Waals surface area (Å²) >= 11 is 4.41. The number of ketones is 1. The first kappa shape index (κ1) is 11.4. The summed E-state index contributed by atoms with van der Waals surface area (Å²) in [5, 5.41) is 2.08. The smallest absolute Gasteiger partial charge is 0.188 e. The average molecular weight is 300 g/mol. The topological polar surface area (TPSA) is 30.0 Å². The molecule has 1 aromatic heterocycles. The Morgan fingerprint density at radius 1 is 1.50 bits per heavy atom. The van der Waals surface area contributed by atoms with Gasteiger partial charge in [-0.1, -0.05) is 15.9 Å². The summed E-state index contributed by atoms with van der Waals surface area (Å²) in [5.74, 6) is -0.455. The van der Waals surface area contributed by atoms with Crippen LogP contribution in [-0.2, 0) is 0 Å². The van der Waals surface area contributed by atoms with Gasteiger partial charge in [0.2, 0.25) is 0 Å². The molecule has 0 saturated heterocycles. The molecule has 16 heavy (non-hydrogen) atoms. The largest absolute Gasteiger partial charge is 0.292 e. The molecule has 0 aliphatic carbocycles. The Bertz CT molecular complexity index is 553. The van der Waals surface area contributed by atoms with Crippen LogP contribution in [0.1, 0.15) is 16.7 Å². The van der Waals surface area contributed by atoms with Crippen molar-refractivity contribution in [3.63, 3.8) is 0 Å². The maximum atomic E-state index is 13.6. The fourth-order valence-corrected chi connectivity index (χ4v) is 2.31. The molecule has 0 saturated carbocycles. The van der Waals surface area contributed by atoms with E-state index in [2.05, 4.69) is 20.9 Å². The van der Waals surface area contributed by atoms with Crippen LogP contribution in [0.3, 0.4) is 0 Å². The second-order valence-electron chi connectivity index (χ2n) is 3.22. The third-order valence-electron chi connectivity index (χ3n) is 2.01. The van der Waals surface area contributed by atoms with Crippen LogP contribution in [0.4, 0.5) is 4.39 Å². The molecule has 0 bridgehead atoms. The van der Waals surface area contributed by atoms with E-state index in [-0.39, 0.29) is 11.6 Å². The minimum absolute atomic E-state index is 0.103. The molecule has 0 spiro atoms. The van der Waals surface area contributed by atoms with E-state index in [9.17, 15) is 9.18 Å². The van der Waals surface area contributed by atoms with Crippen LogP contribution in [0.15, 0.2) is 28.1 Å². The van der Waals surface area contributed by atoms with E-state index < -0.39 is 0 Å². The molecule has 0 unspecified atom stereocenters. The predicted molar refractivity (Wildman–Crippen MR) is 65.2 cm³/mol. The van der Waals surface area contributed by atoms with Gasteiger partial charge < -0.3 is 0 Å². The van der Waals surface area contributed by atoms with Gasteiger partial charge in [-0.2, -0.15) is 0 Å². The standard InChI is InChI=1S/C11H7BrFNOS/c1-6(15)11-14-10(5-16-11)8-3-2-7(12)4-9(8)13/h2-5H,1H3. The summed E-state index contributed by atoms with van der Waals surface area (Å²) in [7, 11) is 0. The first-order chi connectivity index (χ1) is 7.58. The molecule has 0 aliphatic rings. The lowest BCUT2D eigenvalue weighted by molar-refractivity contribution is 0.101. The number of carbonyl (C=O) groups excluding carboxylic acids is 1. The van der Waals surface area contributed by atoms with Crippen LogP contribution < -0.4 is 0 Å². The van der Waals surface area contributed by atoms with Crippen molar-refractivity contribution in [3.8, 4) is 11.3 Å². The van der Waals surface area contributed by atoms with Crippen molar-refractivity contribution < 1.29 is 9.18 Å². The molecule has 2 aromatic rings. The zero-order chi connectivity index (χ0) is 11.7. The average Bonchev–Trinajstić information content (AvgIpc) is 2.66. The first-order valence-electron chi connectivity index (χ1n) is 4.50. The van der Waals surface area contributed by atoms with E-state index >= 15 is 0 Å². The van der Waals surface area contributed by atoms with Crippen molar-refractivity contribution >= 4 is 33.0 Å². The van der Waals surface area contributed by atoms with Gasteiger partial charge in [-0.05, 0) is 18.2 Å². The van der Waals surface area contributed by atoms with E-state index in [4.69, 9.17) is 0 Å². The van der Waals surface area contributed by atoms with Crippen molar-refractivity contribution in [1.29, 1.82) is 0 Å². The van der Waals surface area contributed by atoms with E-state index in [1.807, 2.05) is 0 Å². The lowest BCUT2D eigenvalue weighted by Crippen LogP contribution is -1.91. The van der Waals surface area contributed by atoms with Crippen LogP contribution in [0.5, 0.6) is 0 Å². The Labute approximate surface area is 104 Å². The zero-order valence-corrected chi connectivity index (χ0v) is 10.7. The fraction of sp³-hybridized carbons (Fsp3) is 0.0909. The van der Waals surface area contributed by atoms with Crippen molar-refractivity contribution in [2.45, 2.75) is 6.92 Å². The van der Waals surface area contributed by atoms with E-state index in [0.717, 1.165) is 0 Å². The van der Waals surface area contributed by atoms with Crippen LogP contribution in [0.2, 0.25) is 0 Å². The molecule has 5 heteroatoms.